The van der Waals surface area contributed by atoms with Gasteiger partial charge in [-0.25, -0.2) is 17.9 Å². The van der Waals surface area contributed by atoms with E-state index in [9.17, 15) is 26.4 Å². The Balaban J connectivity index is 1.90. The predicted octanol–water partition coefficient (Wildman–Crippen LogP) is 1.97. The van der Waals surface area contributed by atoms with Gasteiger partial charge >= 0.3 is 11.9 Å². The van der Waals surface area contributed by atoms with Crippen molar-refractivity contribution in [3.05, 3.63) is 46.1 Å². The Labute approximate surface area is 160 Å². The van der Waals surface area contributed by atoms with Crippen LogP contribution >= 0.6 is 0 Å². The number of benzene rings is 1. The van der Waals surface area contributed by atoms with E-state index >= 15 is 0 Å². The molecule has 0 N–H and O–H groups in total. The lowest BCUT2D eigenvalue weighted by atomic mass is 10.2. The molecule has 0 spiro atoms. The third-order valence-corrected chi connectivity index (χ3v) is 6.46. The van der Waals surface area contributed by atoms with Crippen molar-refractivity contribution in [1.29, 1.82) is 0 Å². The molecule has 0 fully saturated rings. The Morgan fingerprint density at radius 1 is 1.14 bits per heavy atom. The molecule has 0 saturated heterocycles. The first-order chi connectivity index (χ1) is 13.0. The Morgan fingerprint density at radius 2 is 1.82 bits per heavy atom. The Kier molecular flexibility index (Phi) is 5.41. The molecule has 3 rings (SSSR count). The summed E-state index contributed by atoms with van der Waals surface area (Å²) in [5.41, 5.74) is -1.53. The van der Waals surface area contributed by atoms with E-state index in [1.807, 2.05) is 13.8 Å². The van der Waals surface area contributed by atoms with Gasteiger partial charge in [0.1, 0.15) is 5.82 Å². The fourth-order valence-electron chi connectivity index (χ4n) is 3.21. The van der Waals surface area contributed by atoms with Crippen LogP contribution in [0.25, 0.3) is 0 Å². The molecular formula is C17H21F3N4O3S. The summed E-state index contributed by atoms with van der Waals surface area (Å²) in [5.74, 6) is 0.653. The van der Waals surface area contributed by atoms with Gasteiger partial charge in [0, 0.05) is 32.6 Å². The van der Waals surface area contributed by atoms with E-state index in [1.54, 1.807) is 0 Å². The number of rotatable bonds is 4. The number of aromatic nitrogens is 3. The molecule has 0 bridgehead atoms. The van der Waals surface area contributed by atoms with E-state index in [0.29, 0.717) is 12.4 Å². The zero-order chi connectivity index (χ0) is 20.7. The summed E-state index contributed by atoms with van der Waals surface area (Å²) in [5, 5.41) is 4.26. The molecule has 2 heterocycles. The molecule has 0 radical (unpaired) electrons. The molecule has 0 saturated carbocycles. The predicted molar refractivity (Wildman–Crippen MR) is 95.2 cm³/mol. The van der Waals surface area contributed by atoms with Crippen LogP contribution in [0.2, 0.25) is 0 Å². The summed E-state index contributed by atoms with van der Waals surface area (Å²) in [7, 11) is -4.37. The number of halogens is 3. The standard InChI is InChI=1S/C17H21F3N4O3S/c1-12(2)11-24-16(25)23-10-9-22(8-7-15(23)21-24)28(26,27)14-6-4-3-5-13(14)17(18,19)20/h3-6,12H,7-11H2,1-2H3. The second kappa shape index (κ2) is 7.36. The highest BCUT2D eigenvalue weighted by Gasteiger charge is 2.39. The van der Waals surface area contributed by atoms with E-state index in [1.165, 1.54) is 15.3 Å². The van der Waals surface area contributed by atoms with Gasteiger partial charge in [0.05, 0.1) is 10.5 Å². The Morgan fingerprint density at radius 3 is 2.46 bits per heavy atom. The smallest absolute Gasteiger partial charge is 0.278 e. The quantitative estimate of drug-likeness (QED) is 0.761. The maximum Gasteiger partial charge on any atom is 0.417 e. The summed E-state index contributed by atoms with van der Waals surface area (Å²) in [6.45, 7) is 4.23. The van der Waals surface area contributed by atoms with Crippen molar-refractivity contribution in [2.75, 3.05) is 13.1 Å². The van der Waals surface area contributed by atoms with Gasteiger partial charge in [-0.05, 0) is 18.1 Å². The van der Waals surface area contributed by atoms with Crippen molar-refractivity contribution in [3.63, 3.8) is 0 Å². The van der Waals surface area contributed by atoms with E-state index < -0.39 is 26.7 Å². The summed E-state index contributed by atoms with van der Waals surface area (Å²) in [6, 6.07) is 4.12. The first-order valence-electron chi connectivity index (χ1n) is 8.84. The molecule has 0 unspecified atom stereocenters. The average molecular weight is 418 g/mol. The zero-order valence-electron chi connectivity index (χ0n) is 15.5. The molecule has 0 amide bonds. The van der Waals surface area contributed by atoms with E-state index in [0.717, 1.165) is 22.5 Å². The monoisotopic (exact) mass is 418 g/mol. The molecular weight excluding hydrogens is 397 g/mol. The van der Waals surface area contributed by atoms with Crippen molar-refractivity contribution in [3.8, 4) is 0 Å². The minimum absolute atomic E-state index is 0.0413. The Bertz CT molecular complexity index is 1020. The SMILES string of the molecule is CC(C)Cn1nc2n(c1=O)CCN(S(=O)(=O)c1ccccc1C(F)(F)F)CC2. The molecule has 7 nitrogen and oxygen atoms in total. The highest BCUT2D eigenvalue weighted by atomic mass is 32.2. The van der Waals surface area contributed by atoms with Gasteiger partial charge in [-0.15, -0.1) is 0 Å². The fourth-order valence-corrected chi connectivity index (χ4v) is 4.86. The number of nitrogens with zero attached hydrogens (tertiary/aromatic N) is 4. The van der Waals surface area contributed by atoms with Gasteiger partial charge < -0.3 is 0 Å². The van der Waals surface area contributed by atoms with Gasteiger partial charge in [0.2, 0.25) is 10.0 Å². The molecule has 2 aromatic rings. The minimum Gasteiger partial charge on any atom is -0.278 e. The number of sulfonamides is 1. The molecule has 11 heteroatoms. The van der Waals surface area contributed by atoms with E-state index in [-0.39, 0.29) is 37.7 Å². The number of hydrogen-bond donors (Lipinski definition) is 0. The van der Waals surface area contributed by atoms with Gasteiger partial charge in [-0.3, -0.25) is 4.57 Å². The topological polar surface area (TPSA) is 77.2 Å². The van der Waals surface area contributed by atoms with Crippen LogP contribution < -0.4 is 5.69 Å². The van der Waals surface area contributed by atoms with Crippen molar-refractivity contribution in [1.82, 2.24) is 18.7 Å². The third-order valence-electron chi connectivity index (χ3n) is 4.51. The largest absolute Gasteiger partial charge is 0.417 e. The van der Waals surface area contributed by atoms with Gasteiger partial charge in [0.25, 0.3) is 0 Å². The van der Waals surface area contributed by atoms with E-state index in [2.05, 4.69) is 5.10 Å². The average Bonchev–Trinajstić information content (AvgIpc) is 2.78. The molecule has 0 aliphatic carbocycles. The first-order valence-corrected chi connectivity index (χ1v) is 10.3. The molecule has 1 aromatic carbocycles. The van der Waals surface area contributed by atoms with Crippen LogP contribution in [0.3, 0.4) is 0 Å². The molecule has 154 valence electrons. The highest BCUT2D eigenvalue weighted by molar-refractivity contribution is 7.89. The first kappa shape index (κ1) is 20.6. The second-order valence-corrected chi connectivity index (χ2v) is 8.98. The normalized spacial score (nSPS) is 16.2. The van der Waals surface area contributed by atoms with E-state index in [4.69, 9.17) is 0 Å². The van der Waals surface area contributed by atoms with Crippen LogP contribution in [-0.4, -0.2) is 40.2 Å². The molecule has 1 aliphatic heterocycles. The van der Waals surface area contributed by atoms with Crippen LogP contribution in [-0.2, 0) is 35.7 Å². The summed E-state index contributed by atoms with van der Waals surface area (Å²) in [4.78, 5) is 11.7. The highest BCUT2D eigenvalue weighted by Crippen LogP contribution is 2.35. The van der Waals surface area contributed by atoms with Crippen molar-refractivity contribution in [2.24, 2.45) is 5.92 Å². The molecule has 1 aromatic heterocycles. The number of hydrogen-bond acceptors (Lipinski definition) is 4. The van der Waals surface area contributed by atoms with Crippen LogP contribution in [0.15, 0.2) is 34.0 Å². The number of fused-ring (bicyclic) bond motifs is 1. The van der Waals surface area contributed by atoms with Crippen LogP contribution in [0.4, 0.5) is 13.2 Å². The number of alkyl halides is 3. The van der Waals surface area contributed by atoms with Crippen molar-refractivity contribution >= 4 is 10.0 Å². The van der Waals surface area contributed by atoms with Crippen LogP contribution in [0.1, 0.15) is 25.2 Å². The Hall–Kier alpha value is -2.14. The van der Waals surface area contributed by atoms with Crippen LogP contribution in [0.5, 0.6) is 0 Å². The zero-order valence-corrected chi connectivity index (χ0v) is 16.3. The fraction of sp³-hybridized carbons (Fsp3) is 0.529. The summed E-state index contributed by atoms with van der Waals surface area (Å²) in [6.07, 6.45) is -4.64. The van der Waals surface area contributed by atoms with Crippen molar-refractivity contribution in [2.45, 2.75) is 44.4 Å². The lowest BCUT2D eigenvalue weighted by Gasteiger charge is -2.22. The third kappa shape index (κ3) is 3.86. The molecule has 0 atom stereocenters. The molecule has 28 heavy (non-hydrogen) atoms. The van der Waals surface area contributed by atoms with Crippen LogP contribution in [0, 0.1) is 5.92 Å². The lowest BCUT2D eigenvalue weighted by molar-refractivity contribution is -0.139. The maximum atomic E-state index is 13.3. The summed E-state index contributed by atoms with van der Waals surface area (Å²) < 4.78 is 69.3. The molecule has 1 aliphatic rings. The van der Waals surface area contributed by atoms with Gasteiger partial charge in [0.15, 0.2) is 0 Å². The van der Waals surface area contributed by atoms with Gasteiger partial charge in [-0.2, -0.15) is 22.6 Å². The summed E-state index contributed by atoms with van der Waals surface area (Å²) >= 11 is 0. The minimum atomic E-state index is -4.78. The lowest BCUT2D eigenvalue weighted by Crippen LogP contribution is -2.36. The van der Waals surface area contributed by atoms with Gasteiger partial charge in [-0.1, -0.05) is 26.0 Å². The van der Waals surface area contributed by atoms with Crippen molar-refractivity contribution < 1.29 is 21.6 Å². The maximum absolute atomic E-state index is 13.3. The second-order valence-electron chi connectivity index (χ2n) is 7.07.